The summed E-state index contributed by atoms with van der Waals surface area (Å²) in [4.78, 5) is 4.63. The molecule has 0 spiro atoms. The third-order valence-electron chi connectivity index (χ3n) is 5.11. The quantitative estimate of drug-likeness (QED) is 0.170. The Morgan fingerprint density at radius 1 is 0.969 bits per heavy atom. The van der Waals surface area contributed by atoms with Crippen LogP contribution in [-0.4, -0.2) is 12.8 Å². The van der Waals surface area contributed by atoms with Crippen LogP contribution in [0.3, 0.4) is 0 Å². The minimum absolute atomic E-state index is 0.465. The van der Waals surface area contributed by atoms with E-state index in [4.69, 9.17) is 21.1 Å². The molecule has 162 valence electrons. The number of halogens is 2. The fourth-order valence-corrected chi connectivity index (χ4v) is 4.45. The summed E-state index contributed by atoms with van der Waals surface area (Å²) in [5, 5.41) is 3.07. The van der Waals surface area contributed by atoms with Crippen molar-refractivity contribution in [3.05, 3.63) is 98.1 Å². The van der Waals surface area contributed by atoms with E-state index in [1.165, 1.54) is 10.8 Å². The van der Waals surface area contributed by atoms with Crippen molar-refractivity contribution in [2.45, 2.75) is 20.5 Å². The number of ether oxygens (including phenoxy) is 2. The molecule has 32 heavy (non-hydrogen) atoms. The molecule has 0 radical (unpaired) electrons. The SMILES string of the molecule is CCOc1cc(C=Nc2cc(Cl)ccc2C)cc(I)c1OCc1cccc2ccccc12. The first-order valence-electron chi connectivity index (χ1n) is 10.4. The van der Waals surface area contributed by atoms with Crippen molar-refractivity contribution in [3.8, 4) is 11.5 Å². The zero-order chi connectivity index (χ0) is 22.5. The van der Waals surface area contributed by atoms with E-state index in [-0.39, 0.29) is 0 Å². The smallest absolute Gasteiger partial charge is 0.175 e. The van der Waals surface area contributed by atoms with Gasteiger partial charge in [0, 0.05) is 11.2 Å². The van der Waals surface area contributed by atoms with Crippen molar-refractivity contribution in [1.29, 1.82) is 0 Å². The molecule has 0 N–H and O–H groups in total. The average molecular weight is 556 g/mol. The number of aryl methyl sites for hydroxylation is 1. The van der Waals surface area contributed by atoms with Crippen molar-refractivity contribution in [2.24, 2.45) is 4.99 Å². The predicted molar refractivity (Wildman–Crippen MR) is 142 cm³/mol. The van der Waals surface area contributed by atoms with Crippen molar-refractivity contribution in [1.82, 2.24) is 0 Å². The van der Waals surface area contributed by atoms with Crippen molar-refractivity contribution < 1.29 is 9.47 Å². The van der Waals surface area contributed by atoms with Crippen LogP contribution in [0, 0.1) is 10.5 Å². The van der Waals surface area contributed by atoms with Crippen LogP contribution in [0.25, 0.3) is 10.8 Å². The topological polar surface area (TPSA) is 30.8 Å². The summed E-state index contributed by atoms with van der Waals surface area (Å²) in [6, 6.07) is 24.3. The fourth-order valence-electron chi connectivity index (χ4n) is 3.50. The van der Waals surface area contributed by atoms with Crippen molar-refractivity contribution in [2.75, 3.05) is 6.61 Å². The lowest BCUT2D eigenvalue weighted by Gasteiger charge is -2.15. The number of fused-ring (bicyclic) bond motifs is 1. The molecule has 4 aromatic rings. The van der Waals surface area contributed by atoms with Crippen LogP contribution in [0.5, 0.6) is 11.5 Å². The van der Waals surface area contributed by atoms with E-state index in [2.05, 4.69) is 64.0 Å². The Hall–Kier alpha value is -2.57. The lowest BCUT2D eigenvalue weighted by Crippen LogP contribution is -2.03. The summed E-state index contributed by atoms with van der Waals surface area (Å²) in [6.07, 6.45) is 1.83. The number of rotatable bonds is 7. The third-order valence-corrected chi connectivity index (χ3v) is 6.14. The molecule has 3 nitrogen and oxygen atoms in total. The molecule has 0 heterocycles. The summed E-state index contributed by atoms with van der Waals surface area (Å²) in [6.45, 7) is 5.00. The highest BCUT2D eigenvalue weighted by atomic mass is 127. The van der Waals surface area contributed by atoms with Crippen LogP contribution in [0.4, 0.5) is 5.69 Å². The molecule has 0 saturated heterocycles. The molecule has 0 aromatic heterocycles. The molecule has 0 bridgehead atoms. The zero-order valence-electron chi connectivity index (χ0n) is 17.9. The number of hydrogen-bond donors (Lipinski definition) is 0. The summed E-state index contributed by atoms with van der Waals surface area (Å²) in [5.74, 6) is 1.46. The van der Waals surface area contributed by atoms with Gasteiger partial charge >= 0.3 is 0 Å². The monoisotopic (exact) mass is 555 g/mol. The zero-order valence-corrected chi connectivity index (χ0v) is 20.9. The number of benzene rings is 4. The van der Waals surface area contributed by atoms with Crippen LogP contribution < -0.4 is 9.47 Å². The minimum atomic E-state index is 0.465. The second kappa shape index (κ2) is 10.4. The first kappa shape index (κ1) is 22.6. The van der Waals surface area contributed by atoms with Gasteiger partial charge in [-0.3, -0.25) is 4.99 Å². The number of hydrogen-bond acceptors (Lipinski definition) is 3. The van der Waals surface area contributed by atoms with E-state index in [0.717, 1.165) is 31.7 Å². The predicted octanol–water partition coefficient (Wildman–Crippen LogP) is 8.13. The Bertz CT molecular complexity index is 1280. The van der Waals surface area contributed by atoms with Crippen LogP contribution >= 0.6 is 34.2 Å². The van der Waals surface area contributed by atoms with Crippen LogP contribution in [0.15, 0.2) is 77.8 Å². The van der Waals surface area contributed by atoms with E-state index < -0.39 is 0 Å². The molecule has 0 fully saturated rings. The Morgan fingerprint density at radius 3 is 2.62 bits per heavy atom. The molecule has 4 rings (SSSR count). The van der Waals surface area contributed by atoms with Gasteiger partial charge in [0.2, 0.25) is 0 Å². The maximum Gasteiger partial charge on any atom is 0.175 e. The van der Waals surface area contributed by atoms with Crippen LogP contribution in [0.2, 0.25) is 5.02 Å². The summed E-state index contributed by atoms with van der Waals surface area (Å²) >= 11 is 8.41. The molecule has 0 aliphatic heterocycles. The molecule has 0 atom stereocenters. The normalized spacial score (nSPS) is 11.2. The fraction of sp³-hybridized carbons (Fsp3) is 0.148. The summed E-state index contributed by atoms with van der Waals surface area (Å²) in [7, 11) is 0. The largest absolute Gasteiger partial charge is 0.490 e. The second-order valence-electron chi connectivity index (χ2n) is 7.38. The average Bonchev–Trinajstić information content (AvgIpc) is 2.79. The number of aliphatic imine (C=N–C) groups is 1. The van der Waals surface area contributed by atoms with Gasteiger partial charge in [-0.1, -0.05) is 60.1 Å². The molecule has 4 aromatic carbocycles. The Kier molecular flexibility index (Phi) is 7.33. The summed E-state index contributed by atoms with van der Waals surface area (Å²) < 4.78 is 13.2. The van der Waals surface area contributed by atoms with Gasteiger partial charge in [-0.15, -0.1) is 0 Å². The number of nitrogens with zero attached hydrogens (tertiary/aromatic N) is 1. The summed E-state index contributed by atoms with van der Waals surface area (Å²) in [5.41, 5.74) is 4.00. The van der Waals surface area contributed by atoms with Crippen molar-refractivity contribution >= 4 is 56.9 Å². The Labute approximate surface area is 207 Å². The Balaban J connectivity index is 1.61. The maximum absolute atomic E-state index is 6.27. The maximum atomic E-state index is 6.27. The van der Waals surface area contributed by atoms with Gasteiger partial charge in [0.1, 0.15) is 6.61 Å². The molecule has 5 heteroatoms. The highest BCUT2D eigenvalue weighted by Gasteiger charge is 2.13. The first-order chi connectivity index (χ1) is 15.5. The van der Waals surface area contributed by atoms with E-state index in [9.17, 15) is 0 Å². The first-order valence-corrected chi connectivity index (χ1v) is 11.9. The van der Waals surface area contributed by atoms with Gasteiger partial charge in [0.15, 0.2) is 11.5 Å². The molecule has 0 unspecified atom stereocenters. The molecule has 0 saturated carbocycles. The lowest BCUT2D eigenvalue weighted by atomic mass is 10.1. The van der Waals surface area contributed by atoms with Gasteiger partial charge in [-0.25, -0.2) is 0 Å². The molecule has 0 aliphatic carbocycles. The lowest BCUT2D eigenvalue weighted by molar-refractivity contribution is 0.268. The highest BCUT2D eigenvalue weighted by Crippen LogP contribution is 2.35. The second-order valence-corrected chi connectivity index (χ2v) is 8.98. The Morgan fingerprint density at radius 2 is 1.78 bits per heavy atom. The van der Waals surface area contributed by atoms with E-state index in [0.29, 0.717) is 24.0 Å². The molecule has 0 aliphatic rings. The minimum Gasteiger partial charge on any atom is -0.490 e. The van der Waals surface area contributed by atoms with E-state index in [1.807, 2.05) is 56.5 Å². The van der Waals surface area contributed by atoms with Crippen LogP contribution in [-0.2, 0) is 6.61 Å². The van der Waals surface area contributed by atoms with Gasteiger partial charge in [0.05, 0.1) is 15.9 Å². The molecular formula is C27H23ClINO2. The molecular weight excluding hydrogens is 533 g/mol. The van der Waals surface area contributed by atoms with E-state index >= 15 is 0 Å². The van der Waals surface area contributed by atoms with Gasteiger partial charge in [-0.05, 0) is 88.2 Å². The third kappa shape index (κ3) is 5.25. The van der Waals surface area contributed by atoms with Gasteiger partial charge < -0.3 is 9.47 Å². The van der Waals surface area contributed by atoms with E-state index in [1.54, 1.807) is 0 Å². The highest BCUT2D eigenvalue weighted by molar-refractivity contribution is 14.1. The van der Waals surface area contributed by atoms with Crippen LogP contribution in [0.1, 0.15) is 23.6 Å². The van der Waals surface area contributed by atoms with Gasteiger partial charge in [0.25, 0.3) is 0 Å². The molecule has 0 amide bonds. The standard InChI is InChI=1S/C27H23ClINO2/c1-3-31-26-14-19(16-30-25-15-22(28)12-11-18(25)2)13-24(29)27(26)32-17-21-9-6-8-20-7-4-5-10-23(20)21/h4-16H,3,17H2,1-2H3. The van der Waals surface area contributed by atoms with Crippen molar-refractivity contribution in [3.63, 3.8) is 0 Å². The van der Waals surface area contributed by atoms with Gasteiger partial charge in [-0.2, -0.15) is 0 Å².